The predicted octanol–water partition coefficient (Wildman–Crippen LogP) is 2.71. The molecule has 1 amide bonds. The summed E-state index contributed by atoms with van der Waals surface area (Å²) in [5, 5.41) is 2.70. The molecule has 0 aliphatic rings. The normalized spacial score (nSPS) is 12.9. The van der Waals surface area contributed by atoms with Gasteiger partial charge in [0.1, 0.15) is 11.8 Å². The largest absolute Gasteiger partial charge is 0.497 e. The van der Waals surface area contributed by atoms with E-state index in [-0.39, 0.29) is 16.6 Å². The molecule has 0 aromatic heterocycles. The van der Waals surface area contributed by atoms with Gasteiger partial charge in [0.2, 0.25) is 26.0 Å². The van der Waals surface area contributed by atoms with Gasteiger partial charge in [0.25, 0.3) is 0 Å². The second-order valence-corrected chi connectivity index (χ2v) is 11.3. The molecule has 0 fully saturated rings. The first-order valence-electron chi connectivity index (χ1n) is 9.97. The van der Waals surface area contributed by atoms with Gasteiger partial charge in [-0.3, -0.25) is 9.52 Å². The molecule has 2 aromatic carbocycles. The number of carbonyl (C=O) groups excluding carboxylic acids is 1. The monoisotopic (exact) mass is 483 g/mol. The second-order valence-electron chi connectivity index (χ2n) is 7.54. The first-order chi connectivity index (χ1) is 14.9. The quantitative estimate of drug-likeness (QED) is 0.476. The third kappa shape index (κ3) is 6.68. The molecule has 11 heteroatoms. The summed E-state index contributed by atoms with van der Waals surface area (Å²) in [4.78, 5) is 12.9. The molecule has 32 heavy (non-hydrogen) atoms. The molecule has 0 heterocycles. The minimum atomic E-state index is -3.95. The molecule has 0 aliphatic heterocycles. The van der Waals surface area contributed by atoms with Crippen molar-refractivity contribution in [3.63, 3.8) is 0 Å². The fourth-order valence-electron chi connectivity index (χ4n) is 2.80. The number of aryl methyl sites for hydroxylation is 1. The van der Waals surface area contributed by atoms with Crippen LogP contribution in [-0.4, -0.2) is 41.6 Å². The molecule has 0 bridgehead atoms. The molecule has 0 radical (unpaired) electrons. The van der Waals surface area contributed by atoms with Crippen LogP contribution in [0.2, 0.25) is 0 Å². The topological polar surface area (TPSA) is 131 Å². The summed E-state index contributed by atoms with van der Waals surface area (Å²) < 4.78 is 59.1. The first kappa shape index (κ1) is 25.6. The van der Waals surface area contributed by atoms with Crippen LogP contribution in [0.3, 0.4) is 0 Å². The minimum Gasteiger partial charge on any atom is -0.497 e. The van der Waals surface area contributed by atoms with Gasteiger partial charge in [0.15, 0.2) is 0 Å². The van der Waals surface area contributed by atoms with E-state index in [1.54, 1.807) is 39.0 Å². The highest BCUT2D eigenvalue weighted by atomic mass is 32.2. The molecule has 1 atom stereocenters. The van der Waals surface area contributed by atoms with E-state index in [0.717, 1.165) is 0 Å². The Kier molecular flexibility index (Phi) is 8.27. The Morgan fingerprint density at radius 1 is 1.03 bits per heavy atom. The van der Waals surface area contributed by atoms with Crippen molar-refractivity contribution in [2.24, 2.45) is 5.92 Å². The highest BCUT2D eigenvalue weighted by Crippen LogP contribution is 2.22. The molecular formula is C21H29N3O6S2. The van der Waals surface area contributed by atoms with Gasteiger partial charge in [-0.15, -0.1) is 0 Å². The standard InChI is InChI=1S/C21H29N3O6S2/c1-6-31(26,27)23-19-12-7-16(13-15(19)4)22-21(25)20(14(2)3)24-32(28,29)18-10-8-17(30-5)9-11-18/h7-14,20,23-24H,6H2,1-5H3,(H,22,25)/t20-/m0/s1. The zero-order chi connectivity index (χ0) is 24.1. The Bertz CT molecular complexity index is 1160. The van der Waals surface area contributed by atoms with E-state index in [4.69, 9.17) is 4.74 Å². The Morgan fingerprint density at radius 3 is 2.16 bits per heavy atom. The van der Waals surface area contributed by atoms with Gasteiger partial charge in [-0.2, -0.15) is 4.72 Å². The van der Waals surface area contributed by atoms with Gasteiger partial charge >= 0.3 is 0 Å². The number of methoxy groups -OCH3 is 1. The number of nitrogens with one attached hydrogen (secondary N) is 3. The van der Waals surface area contributed by atoms with Crippen molar-refractivity contribution in [2.75, 3.05) is 22.9 Å². The van der Waals surface area contributed by atoms with E-state index in [0.29, 0.717) is 22.7 Å². The molecule has 3 N–H and O–H groups in total. The molecule has 0 unspecified atom stereocenters. The SMILES string of the molecule is CCS(=O)(=O)Nc1ccc(NC(=O)[C@@H](NS(=O)(=O)c2ccc(OC)cc2)C(C)C)cc1C. The molecule has 0 spiro atoms. The van der Waals surface area contributed by atoms with Crippen molar-refractivity contribution in [1.29, 1.82) is 0 Å². The number of amides is 1. The number of hydrogen-bond donors (Lipinski definition) is 3. The van der Waals surface area contributed by atoms with Crippen LogP contribution in [0.5, 0.6) is 5.75 Å². The maximum Gasteiger partial charge on any atom is 0.242 e. The van der Waals surface area contributed by atoms with Crippen LogP contribution in [0.4, 0.5) is 11.4 Å². The van der Waals surface area contributed by atoms with E-state index < -0.39 is 32.0 Å². The minimum absolute atomic E-state index is 0.0140. The van der Waals surface area contributed by atoms with E-state index >= 15 is 0 Å². The number of benzene rings is 2. The average molecular weight is 484 g/mol. The van der Waals surface area contributed by atoms with Crippen molar-refractivity contribution < 1.29 is 26.4 Å². The molecular weight excluding hydrogens is 454 g/mol. The summed E-state index contributed by atoms with van der Waals surface area (Å²) in [6.45, 7) is 6.70. The molecule has 0 saturated heterocycles. The van der Waals surface area contributed by atoms with Gasteiger partial charge in [-0.1, -0.05) is 13.8 Å². The summed E-state index contributed by atoms with van der Waals surface area (Å²) in [5.41, 5.74) is 1.44. The Hall–Kier alpha value is -2.63. The summed E-state index contributed by atoms with van der Waals surface area (Å²) in [5.74, 6) is -0.407. The lowest BCUT2D eigenvalue weighted by Gasteiger charge is -2.22. The van der Waals surface area contributed by atoms with Crippen molar-refractivity contribution in [2.45, 2.75) is 38.6 Å². The third-order valence-electron chi connectivity index (χ3n) is 4.74. The highest BCUT2D eigenvalue weighted by Gasteiger charge is 2.28. The summed E-state index contributed by atoms with van der Waals surface area (Å²) >= 11 is 0. The molecule has 0 saturated carbocycles. The van der Waals surface area contributed by atoms with Gasteiger partial charge in [-0.05, 0) is 67.8 Å². The van der Waals surface area contributed by atoms with E-state index in [1.807, 2.05) is 0 Å². The maximum atomic E-state index is 12.9. The van der Waals surface area contributed by atoms with E-state index in [2.05, 4.69) is 14.8 Å². The van der Waals surface area contributed by atoms with Crippen molar-refractivity contribution in [1.82, 2.24) is 4.72 Å². The summed E-state index contributed by atoms with van der Waals surface area (Å²) in [6, 6.07) is 9.53. The van der Waals surface area contributed by atoms with E-state index in [1.165, 1.54) is 38.3 Å². The Morgan fingerprint density at radius 2 is 1.66 bits per heavy atom. The van der Waals surface area contributed by atoms with Gasteiger partial charge < -0.3 is 10.1 Å². The zero-order valence-corrected chi connectivity index (χ0v) is 20.3. The summed E-state index contributed by atoms with van der Waals surface area (Å²) in [7, 11) is -5.90. The number of anilines is 2. The predicted molar refractivity (Wildman–Crippen MR) is 125 cm³/mol. The van der Waals surface area contributed by atoms with Crippen LogP contribution < -0.4 is 19.5 Å². The third-order valence-corrected chi connectivity index (χ3v) is 7.49. The van der Waals surface area contributed by atoms with Crippen LogP contribution in [-0.2, 0) is 24.8 Å². The van der Waals surface area contributed by atoms with Crippen molar-refractivity contribution in [3.05, 3.63) is 48.0 Å². The Balaban J connectivity index is 2.19. The number of ether oxygens (including phenoxy) is 1. The molecule has 9 nitrogen and oxygen atoms in total. The zero-order valence-electron chi connectivity index (χ0n) is 18.7. The van der Waals surface area contributed by atoms with Gasteiger partial charge in [0.05, 0.1) is 23.4 Å². The number of hydrogen-bond acceptors (Lipinski definition) is 6. The molecule has 2 aromatic rings. The second kappa shape index (κ2) is 10.3. The van der Waals surface area contributed by atoms with Crippen molar-refractivity contribution in [3.8, 4) is 5.75 Å². The van der Waals surface area contributed by atoms with Crippen LogP contribution in [0.25, 0.3) is 0 Å². The van der Waals surface area contributed by atoms with Crippen LogP contribution in [0.15, 0.2) is 47.4 Å². The van der Waals surface area contributed by atoms with Crippen LogP contribution in [0.1, 0.15) is 26.3 Å². The molecule has 176 valence electrons. The fraction of sp³-hybridized carbons (Fsp3) is 0.381. The lowest BCUT2D eigenvalue weighted by atomic mass is 10.0. The summed E-state index contributed by atoms with van der Waals surface area (Å²) in [6.07, 6.45) is 0. The van der Waals surface area contributed by atoms with Crippen LogP contribution >= 0.6 is 0 Å². The van der Waals surface area contributed by atoms with Crippen LogP contribution in [0, 0.1) is 12.8 Å². The number of rotatable bonds is 10. The number of carbonyl (C=O) groups is 1. The first-order valence-corrected chi connectivity index (χ1v) is 13.1. The molecule has 2 rings (SSSR count). The average Bonchev–Trinajstić information content (AvgIpc) is 2.73. The van der Waals surface area contributed by atoms with Crippen molar-refractivity contribution >= 4 is 37.3 Å². The van der Waals surface area contributed by atoms with Gasteiger partial charge in [0, 0.05) is 5.69 Å². The maximum absolute atomic E-state index is 12.9. The highest BCUT2D eigenvalue weighted by molar-refractivity contribution is 7.92. The lowest BCUT2D eigenvalue weighted by Crippen LogP contribution is -2.47. The Labute approximate surface area is 189 Å². The number of sulfonamides is 2. The molecule has 0 aliphatic carbocycles. The van der Waals surface area contributed by atoms with E-state index in [9.17, 15) is 21.6 Å². The van der Waals surface area contributed by atoms with Gasteiger partial charge in [-0.25, -0.2) is 16.8 Å². The smallest absolute Gasteiger partial charge is 0.242 e. The lowest BCUT2D eigenvalue weighted by molar-refractivity contribution is -0.118. The fourth-order valence-corrected chi connectivity index (χ4v) is 4.85.